The van der Waals surface area contributed by atoms with Gasteiger partial charge in [-0.2, -0.15) is 0 Å². The zero-order chi connectivity index (χ0) is 12.5. The third kappa shape index (κ3) is 1.91. The van der Waals surface area contributed by atoms with Crippen LogP contribution in [0.5, 0.6) is 11.6 Å². The predicted octanol–water partition coefficient (Wildman–Crippen LogP) is 1.55. The number of tetrazole rings is 1. The van der Waals surface area contributed by atoms with E-state index in [2.05, 4.69) is 20.6 Å². The molecule has 2 heterocycles. The Morgan fingerprint density at radius 1 is 1.22 bits per heavy atom. The molecule has 0 atom stereocenters. The van der Waals surface area contributed by atoms with E-state index < -0.39 is 0 Å². The number of fused-ring (bicyclic) bond motifs is 1. The summed E-state index contributed by atoms with van der Waals surface area (Å²) in [4.78, 5) is 0. The molecule has 3 aromatic rings. The number of benzene rings is 1. The molecule has 0 spiro atoms. The topological polar surface area (TPSA) is 91.2 Å². The molecule has 0 amide bonds. The van der Waals surface area contributed by atoms with Gasteiger partial charge in [-0.3, -0.25) is 0 Å². The van der Waals surface area contributed by atoms with Gasteiger partial charge >= 0.3 is 0 Å². The van der Waals surface area contributed by atoms with E-state index in [0.717, 1.165) is 0 Å². The quantitative estimate of drug-likeness (QED) is 0.705. The van der Waals surface area contributed by atoms with Gasteiger partial charge in [-0.15, -0.1) is 14.8 Å². The van der Waals surface area contributed by atoms with Crippen LogP contribution in [0.2, 0.25) is 5.02 Å². The second-order valence-electron chi connectivity index (χ2n) is 3.48. The summed E-state index contributed by atoms with van der Waals surface area (Å²) >= 11 is 5.87. The Bertz CT molecular complexity index is 712. The normalized spacial score (nSPS) is 10.7. The molecular weight excluding hydrogens is 256 g/mol. The first-order valence-electron chi connectivity index (χ1n) is 5.01. The van der Waals surface area contributed by atoms with Crippen LogP contribution < -0.4 is 10.5 Å². The van der Waals surface area contributed by atoms with Crippen molar-refractivity contribution in [1.82, 2.24) is 25.3 Å². The van der Waals surface area contributed by atoms with E-state index in [1.165, 1.54) is 4.63 Å². The summed E-state index contributed by atoms with van der Waals surface area (Å²) in [5.74, 6) is 0.756. The van der Waals surface area contributed by atoms with Crippen molar-refractivity contribution in [2.75, 3.05) is 5.73 Å². The minimum absolute atomic E-state index is 0.323. The van der Waals surface area contributed by atoms with E-state index in [9.17, 15) is 0 Å². The van der Waals surface area contributed by atoms with Crippen LogP contribution in [0.1, 0.15) is 0 Å². The number of aromatic nitrogens is 5. The van der Waals surface area contributed by atoms with Crippen LogP contribution in [0.25, 0.3) is 5.65 Å². The van der Waals surface area contributed by atoms with Gasteiger partial charge < -0.3 is 10.5 Å². The third-order valence-electron chi connectivity index (χ3n) is 2.24. The molecular formula is C10H7ClN6O. The van der Waals surface area contributed by atoms with Crippen LogP contribution in [-0.2, 0) is 0 Å². The van der Waals surface area contributed by atoms with Crippen molar-refractivity contribution < 1.29 is 4.74 Å². The highest BCUT2D eigenvalue weighted by Crippen LogP contribution is 2.29. The standard InChI is InChI=1S/C10H7ClN6O/c11-6-1-2-7(12)8(5-6)18-10-4-3-9-13-15-16-17(9)14-10/h1-5H,12H2. The number of hydrogen-bond acceptors (Lipinski definition) is 6. The number of nitrogens with zero attached hydrogens (tertiary/aromatic N) is 5. The van der Waals surface area contributed by atoms with Gasteiger partial charge in [-0.05, 0) is 28.6 Å². The highest BCUT2D eigenvalue weighted by Gasteiger charge is 2.06. The Balaban J connectivity index is 1.97. The highest BCUT2D eigenvalue weighted by atomic mass is 35.5. The first kappa shape index (κ1) is 10.7. The Kier molecular flexibility index (Phi) is 2.45. The van der Waals surface area contributed by atoms with Crippen molar-refractivity contribution in [2.24, 2.45) is 0 Å². The Labute approximate surface area is 106 Å². The maximum absolute atomic E-state index is 5.87. The maximum atomic E-state index is 5.87. The molecule has 18 heavy (non-hydrogen) atoms. The molecule has 0 bridgehead atoms. The van der Waals surface area contributed by atoms with E-state index in [-0.39, 0.29) is 0 Å². The minimum atomic E-state index is 0.323. The molecule has 0 saturated carbocycles. The molecule has 8 heteroatoms. The molecule has 90 valence electrons. The average molecular weight is 263 g/mol. The second-order valence-corrected chi connectivity index (χ2v) is 3.92. The van der Waals surface area contributed by atoms with Crippen molar-refractivity contribution in [1.29, 1.82) is 0 Å². The lowest BCUT2D eigenvalue weighted by Gasteiger charge is -2.07. The summed E-state index contributed by atoms with van der Waals surface area (Å²) in [5.41, 5.74) is 6.77. The van der Waals surface area contributed by atoms with Crippen LogP contribution in [0.3, 0.4) is 0 Å². The van der Waals surface area contributed by atoms with E-state index in [1.54, 1.807) is 30.3 Å². The van der Waals surface area contributed by atoms with Crippen LogP contribution in [0.4, 0.5) is 5.69 Å². The van der Waals surface area contributed by atoms with Gasteiger partial charge in [0.25, 0.3) is 0 Å². The SMILES string of the molecule is Nc1ccc(Cl)cc1Oc1ccc2nnnn2n1. The van der Waals surface area contributed by atoms with Gasteiger partial charge in [0.1, 0.15) is 0 Å². The van der Waals surface area contributed by atoms with Crippen molar-refractivity contribution in [2.45, 2.75) is 0 Å². The zero-order valence-electron chi connectivity index (χ0n) is 8.99. The van der Waals surface area contributed by atoms with Gasteiger partial charge in [0.15, 0.2) is 11.4 Å². The van der Waals surface area contributed by atoms with Crippen LogP contribution >= 0.6 is 11.6 Å². The lowest BCUT2D eigenvalue weighted by Crippen LogP contribution is -1.98. The van der Waals surface area contributed by atoms with E-state index >= 15 is 0 Å². The molecule has 3 rings (SSSR count). The van der Waals surface area contributed by atoms with Crippen LogP contribution in [-0.4, -0.2) is 25.3 Å². The molecule has 0 radical (unpaired) electrons. The fraction of sp³-hybridized carbons (Fsp3) is 0. The fourth-order valence-electron chi connectivity index (χ4n) is 1.40. The summed E-state index contributed by atoms with van der Waals surface area (Å²) < 4.78 is 6.79. The van der Waals surface area contributed by atoms with Crippen molar-refractivity contribution in [3.8, 4) is 11.6 Å². The molecule has 1 aromatic carbocycles. The molecule has 7 nitrogen and oxygen atoms in total. The maximum Gasteiger partial charge on any atom is 0.239 e. The van der Waals surface area contributed by atoms with E-state index in [0.29, 0.717) is 28.0 Å². The second kappa shape index (κ2) is 4.11. The lowest BCUT2D eigenvalue weighted by atomic mass is 10.3. The molecule has 0 aliphatic heterocycles. The number of ether oxygens (including phenoxy) is 1. The molecule has 0 fully saturated rings. The third-order valence-corrected chi connectivity index (χ3v) is 2.47. The fourth-order valence-corrected chi connectivity index (χ4v) is 1.56. The average Bonchev–Trinajstić information content (AvgIpc) is 2.81. The predicted molar refractivity (Wildman–Crippen MR) is 64.5 cm³/mol. The zero-order valence-corrected chi connectivity index (χ0v) is 9.74. The van der Waals surface area contributed by atoms with Crippen molar-refractivity contribution in [3.63, 3.8) is 0 Å². The number of rotatable bonds is 2. The lowest BCUT2D eigenvalue weighted by molar-refractivity contribution is 0.449. The molecule has 0 unspecified atom stereocenters. The minimum Gasteiger partial charge on any atom is -0.435 e. The van der Waals surface area contributed by atoms with Gasteiger partial charge in [0.2, 0.25) is 5.88 Å². The van der Waals surface area contributed by atoms with Crippen LogP contribution in [0, 0.1) is 0 Å². The summed E-state index contributed by atoms with van der Waals surface area (Å²) in [7, 11) is 0. The Hall–Kier alpha value is -2.41. The van der Waals surface area contributed by atoms with Crippen molar-refractivity contribution in [3.05, 3.63) is 35.4 Å². The number of halogens is 1. The van der Waals surface area contributed by atoms with Crippen molar-refractivity contribution >= 4 is 22.9 Å². The van der Waals surface area contributed by atoms with E-state index in [1.807, 2.05) is 0 Å². The number of nitrogens with two attached hydrogens (primary N) is 1. The Morgan fingerprint density at radius 3 is 3.00 bits per heavy atom. The van der Waals surface area contributed by atoms with Gasteiger partial charge in [0, 0.05) is 17.2 Å². The van der Waals surface area contributed by atoms with Gasteiger partial charge in [0.05, 0.1) is 5.69 Å². The highest BCUT2D eigenvalue weighted by molar-refractivity contribution is 6.30. The summed E-state index contributed by atoms with van der Waals surface area (Å²) in [6, 6.07) is 8.28. The largest absolute Gasteiger partial charge is 0.435 e. The number of hydrogen-bond donors (Lipinski definition) is 1. The van der Waals surface area contributed by atoms with Crippen LogP contribution in [0.15, 0.2) is 30.3 Å². The van der Waals surface area contributed by atoms with Gasteiger partial charge in [-0.25, -0.2) is 0 Å². The summed E-state index contributed by atoms with van der Waals surface area (Å²) in [6.07, 6.45) is 0. The monoisotopic (exact) mass is 262 g/mol. The smallest absolute Gasteiger partial charge is 0.239 e. The first-order valence-corrected chi connectivity index (χ1v) is 5.38. The molecule has 0 saturated heterocycles. The number of anilines is 1. The van der Waals surface area contributed by atoms with Gasteiger partial charge in [-0.1, -0.05) is 11.6 Å². The first-order chi connectivity index (χ1) is 8.72. The molecule has 2 aromatic heterocycles. The Morgan fingerprint density at radius 2 is 2.11 bits per heavy atom. The molecule has 0 aliphatic carbocycles. The molecule has 2 N–H and O–H groups in total. The van der Waals surface area contributed by atoms with E-state index in [4.69, 9.17) is 22.1 Å². The molecule has 0 aliphatic rings. The summed E-state index contributed by atoms with van der Waals surface area (Å²) in [5, 5.41) is 15.5. The number of nitrogen functional groups attached to an aromatic ring is 1. The summed E-state index contributed by atoms with van der Waals surface area (Å²) in [6.45, 7) is 0.